The molecule has 6 heteroatoms. The summed E-state index contributed by atoms with van der Waals surface area (Å²) >= 11 is 0. The number of amides is 2. The number of carbonyl (C=O) groups is 4. The smallest absolute Gasteiger partial charge is 0.317 e. The summed E-state index contributed by atoms with van der Waals surface area (Å²) in [6.07, 6.45) is 1.39. The first-order chi connectivity index (χ1) is 16.2. The van der Waals surface area contributed by atoms with Crippen molar-refractivity contribution in [2.75, 3.05) is 0 Å². The highest BCUT2D eigenvalue weighted by Gasteiger charge is 2.41. The zero-order chi connectivity index (χ0) is 24.8. The topological polar surface area (TPSA) is 89.5 Å². The molecule has 6 nitrogen and oxygen atoms in total. The fourth-order valence-corrected chi connectivity index (χ4v) is 4.58. The Balaban J connectivity index is 0.000000191. The number of carbonyl (C=O) groups excluding carboxylic acids is 4. The van der Waals surface area contributed by atoms with Crippen molar-refractivity contribution < 1.29 is 23.9 Å². The Morgan fingerprint density at radius 2 is 1.15 bits per heavy atom. The lowest BCUT2D eigenvalue weighted by molar-refractivity contribution is -0.153. The molecule has 1 N–H and O–H groups in total. The Morgan fingerprint density at radius 3 is 1.53 bits per heavy atom. The first kappa shape index (κ1) is 25.3. The Hall–Kier alpha value is -3.28. The van der Waals surface area contributed by atoms with E-state index in [9.17, 15) is 19.2 Å². The molecule has 2 fully saturated rings. The molecule has 180 valence electrons. The summed E-state index contributed by atoms with van der Waals surface area (Å²) in [6, 6.07) is 20.1. The third-order valence-corrected chi connectivity index (χ3v) is 7.03. The third kappa shape index (κ3) is 5.99. The second-order valence-corrected chi connectivity index (χ2v) is 9.48. The molecule has 0 spiro atoms. The number of benzene rings is 2. The Labute approximate surface area is 201 Å². The van der Waals surface area contributed by atoms with Crippen LogP contribution in [0.3, 0.4) is 0 Å². The van der Waals surface area contributed by atoms with E-state index >= 15 is 0 Å². The predicted molar refractivity (Wildman–Crippen MR) is 129 cm³/mol. The van der Waals surface area contributed by atoms with E-state index in [2.05, 4.69) is 36.0 Å². The minimum absolute atomic E-state index is 0.120. The summed E-state index contributed by atoms with van der Waals surface area (Å²) in [5, 5.41) is 2.40. The summed E-state index contributed by atoms with van der Waals surface area (Å²) in [4.78, 5) is 45.8. The van der Waals surface area contributed by atoms with Gasteiger partial charge >= 0.3 is 11.9 Å². The number of hydrogen-bond acceptors (Lipinski definition) is 5. The van der Waals surface area contributed by atoms with Gasteiger partial charge in [-0.25, -0.2) is 0 Å². The molecule has 2 aliphatic heterocycles. The lowest BCUT2D eigenvalue weighted by Gasteiger charge is -2.17. The van der Waals surface area contributed by atoms with E-state index in [4.69, 9.17) is 0 Å². The van der Waals surface area contributed by atoms with Crippen LogP contribution in [-0.2, 0) is 23.9 Å². The highest BCUT2D eigenvalue weighted by molar-refractivity contribution is 6.04. The highest BCUT2D eigenvalue weighted by Crippen LogP contribution is 2.33. The minimum atomic E-state index is -0.389. The quantitative estimate of drug-likeness (QED) is 0.384. The van der Waals surface area contributed by atoms with Crippen LogP contribution in [0, 0.1) is 23.7 Å². The van der Waals surface area contributed by atoms with Crippen LogP contribution in [0.5, 0.6) is 0 Å². The van der Waals surface area contributed by atoms with Crippen LogP contribution in [0.2, 0.25) is 0 Å². The summed E-state index contributed by atoms with van der Waals surface area (Å²) in [5.74, 6) is -1.46. The van der Waals surface area contributed by atoms with Gasteiger partial charge in [0.2, 0.25) is 11.8 Å². The van der Waals surface area contributed by atoms with Gasteiger partial charge < -0.3 is 4.74 Å². The molecule has 2 amide bonds. The molecule has 2 aromatic rings. The lowest BCUT2D eigenvalue weighted by Crippen LogP contribution is -2.22. The summed E-state index contributed by atoms with van der Waals surface area (Å²) in [6.45, 7) is 7.74. The van der Waals surface area contributed by atoms with Crippen molar-refractivity contribution in [1.29, 1.82) is 0 Å². The van der Waals surface area contributed by atoms with Crippen molar-refractivity contribution >= 4 is 23.8 Å². The maximum Gasteiger partial charge on any atom is 0.317 e. The number of nitrogens with one attached hydrogen (secondary N) is 1. The molecule has 4 unspecified atom stereocenters. The predicted octanol–water partition coefficient (Wildman–Crippen LogP) is 4.60. The second-order valence-electron chi connectivity index (χ2n) is 9.48. The molecule has 6 atom stereocenters. The number of cyclic esters (lactones) is 2. The SMILES string of the molecule is CC(CC1C(=O)NC(=O)C1C)c1ccccc1.C[C@H](CC1C(=O)OC(=O)[C@H]1C)c1ccccc1. The molecule has 0 aromatic heterocycles. The lowest BCUT2D eigenvalue weighted by atomic mass is 9.85. The van der Waals surface area contributed by atoms with Gasteiger partial charge in [-0.15, -0.1) is 0 Å². The summed E-state index contributed by atoms with van der Waals surface area (Å²) in [7, 11) is 0. The number of rotatable bonds is 6. The van der Waals surface area contributed by atoms with Crippen LogP contribution in [0.4, 0.5) is 0 Å². The van der Waals surface area contributed by atoms with Gasteiger partial charge in [-0.3, -0.25) is 24.5 Å². The highest BCUT2D eigenvalue weighted by atomic mass is 16.6. The fraction of sp³-hybridized carbons (Fsp3) is 0.429. The average molecular weight is 464 g/mol. The third-order valence-electron chi connectivity index (χ3n) is 7.03. The molecule has 4 rings (SSSR count). The molecule has 2 heterocycles. The monoisotopic (exact) mass is 463 g/mol. The Kier molecular flexibility index (Phi) is 8.37. The number of hydrogen-bond donors (Lipinski definition) is 1. The van der Waals surface area contributed by atoms with Crippen LogP contribution in [0.25, 0.3) is 0 Å². The van der Waals surface area contributed by atoms with E-state index in [-0.39, 0.29) is 53.3 Å². The van der Waals surface area contributed by atoms with Crippen molar-refractivity contribution in [3.8, 4) is 0 Å². The summed E-state index contributed by atoms with van der Waals surface area (Å²) in [5.41, 5.74) is 2.40. The molecule has 0 aliphatic carbocycles. The van der Waals surface area contributed by atoms with E-state index in [1.807, 2.05) is 55.5 Å². The molecule has 0 bridgehead atoms. The van der Waals surface area contributed by atoms with Gasteiger partial charge in [0.05, 0.1) is 17.8 Å². The first-order valence-corrected chi connectivity index (χ1v) is 11.9. The van der Waals surface area contributed by atoms with Crippen LogP contribution in [0.1, 0.15) is 63.5 Å². The molecular formula is C28H33NO5. The van der Waals surface area contributed by atoms with Crippen molar-refractivity contribution in [1.82, 2.24) is 5.32 Å². The van der Waals surface area contributed by atoms with Gasteiger partial charge in [0, 0.05) is 5.92 Å². The average Bonchev–Trinajstić information content (AvgIpc) is 3.23. The van der Waals surface area contributed by atoms with Gasteiger partial charge in [-0.2, -0.15) is 0 Å². The zero-order valence-corrected chi connectivity index (χ0v) is 20.2. The van der Waals surface area contributed by atoms with E-state index in [0.29, 0.717) is 12.3 Å². The van der Waals surface area contributed by atoms with Crippen molar-refractivity contribution in [2.24, 2.45) is 23.7 Å². The minimum Gasteiger partial charge on any atom is -0.393 e. The second kappa shape index (κ2) is 11.2. The summed E-state index contributed by atoms with van der Waals surface area (Å²) < 4.78 is 4.64. The molecule has 0 saturated carbocycles. The number of esters is 2. The number of ether oxygens (including phenoxy) is 1. The standard InChI is InChI=1S/C14H17NO2.C14H16O3/c1-9(11-6-4-3-5-7-11)8-12-10(2)13(16)15-14(12)17;1-9(11-6-4-3-5-7-11)8-12-10(2)13(15)17-14(12)16/h3-7,9-10,12H,8H2,1-2H3,(H,15,16,17);3-7,9-10,12H,8H2,1-2H3/t;9-,10+,12?/m.1/s1. The van der Waals surface area contributed by atoms with Gasteiger partial charge in [0.15, 0.2) is 0 Å². The molecule has 2 aliphatic rings. The largest absolute Gasteiger partial charge is 0.393 e. The maximum absolute atomic E-state index is 11.6. The van der Waals surface area contributed by atoms with Gasteiger partial charge in [-0.05, 0) is 35.8 Å². The van der Waals surface area contributed by atoms with Crippen LogP contribution in [-0.4, -0.2) is 23.8 Å². The molecule has 0 radical (unpaired) electrons. The van der Waals surface area contributed by atoms with Gasteiger partial charge in [0.1, 0.15) is 0 Å². The van der Waals surface area contributed by atoms with E-state index in [1.54, 1.807) is 6.92 Å². The van der Waals surface area contributed by atoms with Crippen molar-refractivity contribution in [3.63, 3.8) is 0 Å². The molecule has 2 aromatic carbocycles. The van der Waals surface area contributed by atoms with Crippen molar-refractivity contribution in [2.45, 2.75) is 52.4 Å². The van der Waals surface area contributed by atoms with Crippen molar-refractivity contribution in [3.05, 3.63) is 71.8 Å². The Morgan fingerprint density at radius 1 is 0.676 bits per heavy atom. The van der Waals surface area contributed by atoms with Crippen LogP contribution in [0.15, 0.2) is 60.7 Å². The molecule has 34 heavy (non-hydrogen) atoms. The van der Waals surface area contributed by atoms with Gasteiger partial charge in [-0.1, -0.05) is 88.4 Å². The molecular weight excluding hydrogens is 430 g/mol. The normalized spacial score (nSPS) is 25.8. The van der Waals surface area contributed by atoms with Gasteiger partial charge in [0.25, 0.3) is 0 Å². The van der Waals surface area contributed by atoms with E-state index in [1.165, 1.54) is 11.1 Å². The van der Waals surface area contributed by atoms with Crippen LogP contribution < -0.4 is 5.32 Å². The molecule has 2 saturated heterocycles. The fourth-order valence-electron chi connectivity index (χ4n) is 4.58. The Bertz CT molecular complexity index is 936. The van der Waals surface area contributed by atoms with Crippen LogP contribution >= 0.6 is 0 Å². The number of imide groups is 1. The first-order valence-electron chi connectivity index (χ1n) is 11.9. The zero-order valence-electron chi connectivity index (χ0n) is 20.2. The van der Waals surface area contributed by atoms with E-state index < -0.39 is 0 Å². The van der Waals surface area contributed by atoms with E-state index in [0.717, 1.165) is 6.42 Å². The maximum atomic E-state index is 11.6.